The summed E-state index contributed by atoms with van der Waals surface area (Å²) in [5, 5.41) is 11.7. The first-order valence-corrected chi connectivity index (χ1v) is 5.95. The number of nitrogens with zero attached hydrogens (tertiary/aromatic N) is 1. The van der Waals surface area contributed by atoms with Crippen molar-refractivity contribution in [2.45, 2.75) is 13.5 Å². The zero-order valence-electron chi connectivity index (χ0n) is 10.8. The Morgan fingerprint density at radius 1 is 1.10 bits per heavy atom. The van der Waals surface area contributed by atoms with E-state index in [1.165, 1.54) is 12.1 Å². The van der Waals surface area contributed by atoms with E-state index >= 15 is 0 Å². The van der Waals surface area contributed by atoms with Gasteiger partial charge in [0.05, 0.1) is 5.71 Å². The topological polar surface area (TPSA) is 41.8 Å². The summed E-state index contributed by atoms with van der Waals surface area (Å²) in [6.07, 6.45) is 0. The quantitative estimate of drug-likeness (QED) is 0.525. The van der Waals surface area contributed by atoms with Gasteiger partial charge in [0.15, 0.2) is 0 Å². The smallest absolute Gasteiger partial charge is 0.126 e. The van der Waals surface area contributed by atoms with Crippen LogP contribution in [0.5, 0.6) is 5.75 Å². The average molecular weight is 277 g/mol. The first kappa shape index (κ1) is 14.0. The van der Waals surface area contributed by atoms with Gasteiger partial charge in [-0.15, -0.1) is 0 Å². The number of rotatable bonds is 4. The van der Waals surface area contributed by atoms with Crippen LogP contribution in [0.15, 0.2) is 47.6 Å². The lowest BCUT2D eigenvalue weighted by atomic mass is 10.1. The van der Waals surface area contributed by atoms with Crippen molar-refractivity contribution < 1.29 is 18.7 Å². The van der Waals surface area contributed by atoms with E-state index in [1.807, 2.05) is 0 Å². The average Bonchev–Trinajstić information content (AvgIpc) is 2.44. The van der Waals surface area contributed by atoms with E-state index in [-0.39, 0.29) is 6.61 Å². The van der Waals surface area contributed by atoms with Gasteiger partial charge in [-0.05, 0) is 54.4 Å². The summed E-state index contributed by atoms with van der Waals surface area (Å²) in [6.45, 7) is 1.74. The molecule has 0 unspecified atom stereocenters. The van der Waals surface area contributed by atoms with E-state index in [9.17, 15) is 8.78 Å². The third-order valence-corrected chi connectivity index (χ3v) is 2.75. The molecule has 0 atom stereocenters. The molecule has 1 N–H and O–H groups in total. The Hall–Kier alpha value is -2.43. The van der Waals surface area contributed by atoms with Crippen LogP contribution in [0.2, 0.25) is 0 Å². The monoisotopic (exact) mass is 277 g/mol. The molecule has 0 saturated heterocycles. The molecule has 0 bridgehead atoms. The third kappa shape index (κ3) is 3.54. The minimum atomic E-state index is -0.631. The second kappa shape index (κ2) is 6.14. The maximum Gasteiger partial charge on any atom is 0.126 e. The van der Waals surface area contributed by atoms with Crippen LogP contribution in [0.4, 0.5) is 8.78 Å². The van der Waals surface area contributed by atoms with Gasteiger partial charge in [-0.3, -0.25) is 0 Å². The number of ether oxygens (including phenoxy) is 1. The molecule has 0 fully saturated rings. The second-order valence-corrected chi connectivity index (χ2v) is 4.28. The van der Waals surface area contributed by atoms with E-state index in [2.05, 4.69) is 5.16 Å². The molecular formula is C15H13F2NO2. The first-order chi connectivity index (χ1) is 9.58. The fraction of sp³-hybridized carbons (Fsp3) is 0.133. The summed E-state index contributed by atoms with van der Waals surface area (Å²) in [6, 6.07) is 10.1. The molecule has 0 spiro atoms. The Morgan fingerprint density at radius 2 is 1.70 bits per heavy atom. The lowest BCUT2D eigenvalue weighted by Gasteiger charge is -2.07. The van der Waals surface area contributed by atoms with Gasteiger partial charge < -0.3 is 9.94 Å². The summed E-state index contributed by atoms with van der Waals surface area (Å²) < 4.78 is 31.4. The number of oxime groups is 1. The fourth-order valence-electron chi connectivity index (χ4n) is 1.71. The van der Waals surface area contributed by atoms with Crippen LogP contribution in [0.3, 0.4) is 0 Å². The van der Waals surface area contributed by atoms with Gasteiger partial charge in [0.2, 0.25) is 0 Å². The van der Waals surface area contributed by atoms with Crippen molar-refractivity contribution in [3.05, 3.63) is 65.2 Å². The van der Waals surface area contributed by atoms with E-state index in [0.717, 1.165) is 11.6 Å². The predicted octanol–water partition coefficient (Wildman–Crippen LogP) is 3.74. The van der Waals surface area contributed by atoms with Crippen LogP contribution in [-0.2, 0) is 6.61 Å². The lowest BCUT2D eigenvalue weighted by molar-refractivity contribution is 0.304. The standard InChI is InChI=1S/C15H13F2NO2/c1-10(18-19)12-2-4-15(5-3-12)20-9-11-6-13(16)8-14(17)7-11/h2-8,19H,9H2,1H3/b18-10-. The van der Waals surface area contributed by atoms with Crippen LogP contribution in [0.1, 0.15) is 18.1 Å². The normalized spacial score (nSPS) is 11.4. The molecule has 5 heteroatoms. The van der Waals surface area contributed by atoms with E-state index < -0.39 is 11.6 Å². The number of benzene rings is 2. The van der Waals surface area contributed by atoms with Crippen molar-refractivity contribution in [2.24, 2.45) is 5.16 Å². The summed E-state index contributed by atoms with van der Waals surface area (Å²) in [7, 11) is 0. The zero-order valence-corrected chi connectivity index (χ0v) is 10.8. The number of halogens is 2. The van der Waals surface area contributed by atoms with Gasteiger partial charge in [-0.2, -0.15) is 0 Å². The molecule has 0 radical (unpaired) electrons. The van der Waals surface area contributed by atoms with Crippen LogP contribution in [-0.4, -0.2) is 10.9 Å². The second-order valence-electron chi connectivity index (χ2n) is 4.28. The van der Waals surface area contributed by atoms with Gasteiger partial charge in [0.1, 0.15) is 24.0 Å². The largest absolute Gasteiger partial charge is 0.489 e. The lowest BCUT2D eigenvalue weighted by Crippen LogP contribution is -1.98. The van der Waals surface area contributed by atoms with Crippen LogP contribution < -0.4 is 4.74 Å². The maximum absolute atomic E-state index is 13.0. The molecule has 104 valence electrons. The Kier molecular flexibility index (Phi) is 4.30. The Bertz CT molecular complexity index is 604. The highest BCUT2D eigenvalue weighted by atomic mass is 19.1. The summed E-state index contributed by atoms with van der Waals surface area (Å²) >= 11 is 0. The van der Waals surface area contributed by atoms with Crippen molar-refractivity contribution in [1.82, 2.24) is 0 Å². The molecule has 0 saturated carbocycles. The highest BCUT2D eigenvalue weighted by Gasteiger charge is 2.03. The Morgan fingerprint density at radius 3 is 2.25 bits per heavy atom. The predicted molar refractivity (Wildman–Crippen MR) is 71.1 cm³/mol. The minimum Gasteiger partial charge on any atom is -0.489 e. The SMILES string of the molecule is C/C(=N/O)c1ccc(OCc2cc(F)cc(F)c2)cc1. The van der Waals surface area contributed by atoms with Gasteiger partial charge >= 0.3 is 0 Å². The zero-order chi connectivity index (χ0) is 14.5. The van der Waals surface area contributed by atoms with Crippen molar-refractivity contribution in [3.8, 4) is 5.75 Å². The van der Waals surface area contributed by atoms with Gasteiger partial charge in [0.25, 0.3) is 0 Å². The summed E-state index contributed by atoms with van der Waals surface area (Å²) in [5.41, 5.74) is 1.67. The van der Waals surface area contributed by atoms with Gasteiger partial charge in [-0.1, -0.05) is 5.16 Å². The highest BCUT2D eigenvalue weighted by Crippen LogP contribution is 2.16. The van der Waals surface area contributed by atoms with Gasteiger partial charge in [-0.25, -0.2) is 8.78 Å². The first-order valence-electron chi connectivity index (χ1n) is 5.95. The van der Waals surface area contributed by atoms with Crippen molar-refractivity contribution >= 4 is 5.71 Å². The van der Waals surface area contributed by atoms with E-state index in [4.69, 9.17) is 9.94 Å². The molecular weight excluding hydrogens is 264 g/mol. The molecule has 0 aliphatic carbocycles. The van der Waals surface area contributed by atoms with Crippen molar-refractivity contribution in [3.63, 3.8) is 0 Å². The molecule has 0 amide bonds. The molecule has 0 aliphatic heterocycles. The summed E-state index contributed by atoms with van der Waals surface area (Å²) in [4.78, 5) is 0. The van der Waals surface area contributed by atoms with E-state index in [1.54, 1.807) is 31.2 Å². The Labute approximate surface area is 115 Å². The van der Waals surface area contributed by atoms with Crippen LogP contribution in [0, 0.1) is 11.6 Å². The van der Waals surface area contributed by atoms with Gasteiger partial charge in [0, 0.05) is 6.07 Å². The van der Waals surface area contributed by atoms with Crippen LogP contribution >= 0.6 is 0 Å². The third-order valence-electron chi connectivity index (χ3n) is 2.75. The summed E-state index contributed by atoms with van der Waals surface area (Å²) in [5.74, 6) is -0.702. The molecule has 0 aromatic heterocycles. The molecule has 2 aromatic rings. The number of hydrogen-bond donors (Lipinski definition) is 1. The Balaban J connectivity index is 2.04. The van der Waals surface area contributed by atoms with Crippen molar-refractivity contribution in [1.29, 1.82) is 0 Å². The van der Waals surface area contributed by atoms with E-state index in [0.29, 0.717) is 17.0 Å². The van der Waals surface area contributed by atoms with Crippen molar-refractivity contribution in [2.75, 3.05) is 0 Å². The molecule has 2 rings (SSSR count). The molecule has 2 aromatic carbocycles. The highest BCUT2D eigenvalue weighted by molar-refractivity contribution is 5.98. The maximum atomic E-state index is 13.0. The molecule has 20 heavy (non-hydrogen) atoms. The molecule has 0 aliphatic rings. The number of hydrogen-bond acceptors (Lipinski definition) is 3. The molecule has 3 nitrogen and oxygen atoms in total. The fourth-order valence-corrected chi connectivity index (χ4v) is 1.71. The van der Waals surface area contributed by atoms with Crippen LogP contribution in [0.25, 0.3) is 0 Å². The minimum absolute atomic E-state index is 0.0705. The molecule has 0 heterocycles.